The average molecular weight is 552 g/mol. The van der Waals surface area contributed by atoms with Crippen molar-refractivity contribution < 1.29 is 28.6 Å². The first kappa shape index (κ1) is 28.4. The van der Waals surface area contributed by atoms with E-state index >= 15 is 0 Å². The topological polar surface area (TPSA) is 89.6 Å². The van der Waals surface area contributed by atoms with Gasteiger partial charge in [-0.3, -0.25) is 10.2 Å². The number of carbonyl (C=O) groups excluding carboxylic acids is 2. The average Bonchev–Trinajstić information content (AvgIpc) is 3.31. The highest BCUT2D eigenvalue weighted by Gasteiger charge is 2.72. The van der Waals surface area contributed by atoms with Crippen LogP contribution in [0.3, 0.4) is 0 Å². The number of fused-ring (bicyclic) bond motifs is 1. The fourth-order valence-corrected chi connectivity index (χ4v) is 6.55. The maximum atomic E-state index is 13.5. The Balaban J connectivity index is 1.40. The molecule has 9 nitrogen and oxygen atoms in total. The van der Waals surface area contributed by atoms with Gasteiger partial charge in [-0.15, -0.1) is 5.06 Å². The van der Waals surface area contributed by atoms with Gasteiger partial charge in [0.1, 0.15) is 12.3 Å². The molecule has 2 aromatic carbocycles. The third kappa shape index (κ3) is 4.54. The van der Waals surface area contributed by atoms with Crippen LogP contribution in [0.1, 0.15) is 60.3 Å². The fourth-order valence-electron chi connectivity index (χ4n) is 6.55. The van der Waals surface area contributed by atoms with E-state index in [1.165, 1.54) is 0 Å². The summed E-state index contributed by atoms with van der Waals surface area (Å²) in [6, 6.07) is 18.9. The molecule has 3 atom stereocenters. The van der Waals surface area contributed by atoms with Crippen LogP contribution in [0.25, 0.3) is 0 Å². The van der Waals surface area contributed by atoms with E-state index in [1.54, 1.807) is 4.90 Å². The summed E-state index contributed by atoms with van der Waals surface area (Å²) in [6.07, 6.45) is 1.68. The first-order valence-corrected chi connectivity index (χ1v) is 14.3. The van der Waals surface area contributed by atoms with E-state index in [0.717, 1.165) is 12.1 Å². The van der Waals surface area contributed by atoms with E-state index in [4.69, 9.17) is 19.0 Å². The summed E-state index contributed by atoms with van der Waals surface area (Å²) in [7, 11) is 0. The molecule has 1 spiro atoms. The fraction of sp³-hybridized carbons (Fsp3) is 0.548. The van der Waals surface area contributed by atoms with Gasteiger partial charge in [-0.1, -0.05) is 64.1 Å². The Labute approximate surface area is 236 Å². The molecule has 0 aromatic heterocycles. The van der Waals surface area contributed by atoms with Crippen molar-refractivity contribution in [2.45, 2.75) is 77.3 Å². The number of hydroxylamine groups is 2. The van der Waals surface area contributed by atoms with Crippen molar-refractivity contribution in [2.75, 3.05) is 30.0 Å². The van der Waals surface area contributed by atoms with E-state index in [-0.39, 0.29) is 12.5 Å². The number of benzene rings is 2. The predicted molar refractivity (Wildman–Crippen MR) is 152 cm³/mol. The number of amides is 2. The Morgan fingerprint density at radius 3 is 2.17 bits per heavy atom. The smallest absolute Gasteiger partial charge is 0.435 e. The molecule has 9 heteroatoms. The van der Waals surface area contributed by atoms with Crippen LogP contribution in [0.15, 0.2) is 60.7 Å². The summed E-state index contributed by atoms with van der Waals surface area (Å²) in [6.45, 7) is 11.3. The van der Waals surface area contributed by atoms with E-state index < -0.39 is 34.6 Å². The van der Waals surface area contributed by atoms with Crippen LogP contribution >= 0.6 is 0 Å². The van der Waals surface area contributed by atoms with Crippen LogP contribution in [0, 0.1) is 11.3 Å². The molecule has 1 N–H and O–H groups in total. The van der Waals surface area contributed by atoms with Gasteiger partial charge in [0.2, 0.25) is 0 Å². The van der Waals surface area contributed by atoms with Gasteiger partial charge >= 0.3 is 12.2 Å². The van der Waals surface area contributed by atoms with E-state index in [2.05, 4.69) is 39.9 Å². The lowest BCUT2D eigenvalue weighted by Gasteiger charge is -2.62. The van der Waals surface area contributed by atoms with Crippen LogP contribution in [0.2, 0.25) is 0 Å². The SMILES string of the molecule is CCC1(COC(=O)Nc2ccccc2)COC2(CC(C)(CC)N3OC(=O)N(c4ccccc4)C3(CC)C2C)OC1. The lowest BCUT2D eigenvalue weighted by Crippen LogP contribution is -2.76. The van der Waals surface area contributed by atoms with Gasteiger partial charge in [-0.05, 0) is 50.5 Å². The Kier molecular flexibility index (Phi) is 7.58. The van der Waals surface area contributed by atoms with Gasteiger partial charge in [0.25, 0.3) is 0 Å². The highest BCUT2D eigenvalue weighted by atomic mass is 16.8. The van der Waals surface area contributed by atoms with Gasteiger partial charge < -0.3 is 19.0 Å². The summed E-state index contributed by atoms with van der Waals surface area (Å²) in [5.41, 5.74) is -0.386. The molecule has 3 saturated heterocycles. The molecular formula is C31H41N3O6. The molecule has 3 fully saturated rings. The van der Waals surface area contributed by atoms with Gasteiger partial charge in [0.05, 0.1) is 30.1 Å². The Morgan fingerprint density at radius 1 is 0.975 bits per heavy atom. The van der Waals surface area contributed by atoms with Crippen LogP contribution in [0.5, 0.6) is 0 Å². The van der Waals surface area contributed by atoms with Crippen LogP contribution < -0.4 is 10.2 Å². The van der Waals surface area contributed by atoms with Crippen molar-refractivity contribution in [2.24, 2.45) is 11.3 Å². The van der Waals surface area contributed by atoms with Gasteiger partial charge in [-0.2, -0.15) is 0 Å². The molecule has 3 unspecified atom stereocenters. The molecule has 3 heterocycles. The number of para-hydroxylation sites is 2. The quantitative estimate of drug-likeness (QED) is 0.417. The Hall–Kier alpha value is -3.14. The van der Waals surface area contributed by atoms with Crippen LogP contribution in [-0.2, 0) is 19.0 Å². The number of hydrogen-bond donors (Lipinski definition) is 1. The van der Waals surface area contributed by atoms with Crippen molar-refractivity contribution in [1.82, 2.24) is 5.06 Å². The third-order valence-corrected chi connectivity index (χ3v) is 9.38. The van der Waals surface area contributed by atoms with Crippen molar-refractivity contribution in [3.05, 3.63) is 60.7 Å². The summed E-state index contributed by atoms with van der Waals surface area (Å²) < 4.78 is 19.2. The standard InChI is InChI=1S/C31H41N3O6/c1-6-28(5)19-31(23(4)30(8-3)33(27(36)40-34(28)30)25-17-13-10-14-18-25)38-21-29(7-2,22-39-31)20-37-26(35)32-24-15-11-9-12-16-24/h9-18,23H,6-8,19-22H2,1-5H3,(H,32,35). The molecule has 40 heavy (non-hydrogen) atoms. The molecule has 3 aliphatic heterocycles. The first-order chi connectivity index (χ1) is 19.2. The highest BCUT2D eigenvalue weighted by Crippen LogP contribution is 2.58. The number of nitrogens with one attached hydrogen (secondary N) is 1. The zero-order valence-corrected chi connectivity index (χ0v) is 24.1. The monoisotopic (exact) mass is 551 g/mol. The molecule has 0 bridgehead atoms. The van der Waals surface area contributed by atoms with Gasteiger partial charge in [0.15, 0.2) is 5.79 Å². The number of piperidine rings is 1. The Bertz CT molecular complexity index is 1200. The molecule has 216 valence electrons. The number of carbonyl (C=O) groups is 2. The zero-order valence-electron chi connectivity index (χ0n) is 24.1. The van der Waals surface area contributed by atoms with Crippen LogP contribution in [-0.4, -0.2) is 54.1 Å². The molecule has 0 saturated carbocycles. The maximum absolute atomic E-state index is 13.5. The number of nitrogens with zero attached hydrogens (tertiary/aromatic N) is 2. The van der Waals surface area contributed by atoms with Gasteiger partial charge in [-0.25, -0.2) is 9.59 Å². The lowest BCUT2D eigenvalue weighted by molar-refractivity contribution is -0.392. The first-order valence-electron chi connectivity index (χ1n) is 14.3. The number of hydrogen-bond acceptors (Lipinski definition) is 7. The predicted octanol–water partition coefficient (Wildman–Crippen LogP) is 6.56. The van der Waals surface area contributed by atoms with Crippen molar-refractivity contribution in [3.63, 3.8) is 0 Å². The molecule has 2 aromatic rings. The third-order valence-electron chi connectivity index (χ3n) is 9.38. The molecular weight excluding hydrogens is 510 g/mol. The summed E-state index contributed by atoms with van der Waals surface area (Å²) >= 11 is 0. The second kappa shape index (κ2) is 10.7. The van der Waals surface area contributed by atoms with Gasteiger partial charge in [0, 0.05) is 17.8 Å². The molecule has 0 aliphatic carbocycles. The number of rotatable bonds is 7. The second-order valence-electron chi connectivity index (χ2n) is 11.6. The second-order valence-corrected chi connectivity index (χ2v) is 11.6. The summed E-state index contributed by atoms with van der Waals surface area (Å²) in [5.74, 6) is -1.21. The Morgan fingerprint density at radius 2 is 1.60 bits per heavy atom. The molecule has 3 aliphatic rings. The van der Waals surface area contributed by atoms with E-state index in [9.17, 15) is 9.59 Å². The van der Waals surface area contributed by atoms with Crippen molar-refractivity contribution in [3.8, 4) is 0 Å². The maximum Gasteiger partial charge on any atom is 0.435 e. The molecule has 5 rings (SSSR count). The van der Waals surface area contributed by atoms with Crippen LogP contribution in [0.4, 0.5) is 21.0 Å². The highest BCUT2D eigenvalue weighted by molar-refractivity contribution is 5.91. The number of ether oxygens (including phenoxy) is 3. The van der Waals surface area contributed by atoms with E-state index in [1.807, 2.05) is 65.7 Å². The lowest BCUT2D eigenvalue weighted by atomic mass is 9.69. The minimum absolute atomic E-state index is 0.167. The van der Waals surface area contributed by atoms with Crippen molar-refractivity contribution in [1.29, 1.82) is 0 Å². The number of anilines is 2. The molecule has 2 amide bonds. The summed E-state index contributed by atoms with van der Waals surface area (Å²) in [4.78, 5) is 33.8. The normalized spacial score (nSPS) is 33.9. The van der Waals surface area contributed by atoms with E-state index in [0.29, 0.717) is 38.2 Å². The molecule has 0 radical (unpaired) electrons. The van der Waals surface area contributed by atoms with Crippen molar-refractivity contribution >= 4 is 23.6 Å². The largest absolute Gasteiger partial charge is 0.449 e. The minimum Gasteiger partial charge on any atom is -0.449 e. The minimum atomic E-state index is -0.955. The summed E-state index contributed by atoms with van der Waals surface area (Å²) in [5, 5.41) is 4.68. The zero-order chi connectivity index (χ0) is 28.6.